The van der Waals surface area contributed by atoms with Crippen molar-refractivity contribution < 1.29 is 19.4 Å². The number of hydrogen-bond acceptors (Lipinski definition) is 4. The smallest absolute Gasteiger partial charge is 0.347 e. The molecule has 0 saturated heterocycles. The Bertz CT molecular complexity index is 1300. The van der Waals surface area contributed by atoms with Crippen molar-refractivity contribution in [3.8, 4) is 5.75 Å². The predicted molar refractivity (Wildman–Crippen MR) is 127 cm³/mol. The quantitative estimate of drug-likeness (QED) is 0.386. The van der Waals surface area contributed by atoms with Gasteiger partial charge in [-0.1, -0.05) is 54.1 Å². The molecular formula is C27H26N2O4. The van der Waals surface area contributed by atoms with E-state index in [1.165, 1.54) is 13.8 Å². The van der Waals surface area contributed by atoms with Gasteiger partial charge in [0.1, 0.15) is 5.75 Å². The molecule has 0 atom stereocenters. The highest BCUT2D eigenvalue weighted by Gasteiger charge is 2.29. The standard InChI is InChI=1S/C27H26N2O4/c1-18-8-12-20(13-9-18)24(30)25-28-22-6-4-5-7-23(22)29(25)17-16-19-10-14-21(15-11-19)33-27(2,3)26(31)32/h4-15H,16-17H2,1-3H3,(H,31,32). The van der Waals surface area contributed by atoms with Gasteiger partial charge in [0.15, 0.2) is 11.4 Å². The van der Waals surface area contributed by atoms with Gasteiger partial charge in [-0.15, -0.1) is 0 Å². The molecule has 33 heavy (non-hydrogen) atoms. The van der Waals surface area contributed by atoms with Crippen molar-refractivity contribution in [2.75, 3.05) is 0 Å². The van der Waals surface area contributed by atoms with Crippen LogP contribution in [0.3, 0.4) is 0 Å². The van der Waals surface area contributed by atoms with Gasteiger partial charge in [0.2, 0.25) is 5.78 Å². The number of benzene rings is 3. The van der Waals surface area contributed by atoms with Crippen molar-refractivity contribution in [2.45, 2.75) is 39.3 Å². The van der Waals surface area contributed by atoms with Crippen molar-refractivity contribution in [3.63, 3.8) is 0 Å². The molecule has 0 aliphatic rings. The maximum Gasteiger partial charge on any atom is 0.347 e. The second-order valence-corrected chi connectivity index (χ2v) is 8.58. The molecule has 0 saturated carbocycles. The van der Waals surface area contributed by atoms with Gasteiger partial charge in [-0.3, -0.25) is 4.79 Å². The minimum Gasteiger partial charge on any atom is -0.478 e. The molecule has 6 nitrogen and oxygen atoms in total. The lowest BCUT2D eigenvalue weighted by atomic mass is 10.1. The normalized spacial score (nSPS) is 11.5. The summed E-state index contributed by atoms with van der Waals surface area (Å²) in [6.45, 7) is 5.59. The van der Waals surface area contributed by atoms with Crippen LogP contribution in [0.4, 0.5) is 0 Å². The Kier molecular flexibility index (Phi) is 6.01. The first-order valence-electron chi connectivity index (χ1n) is 10.8. The van der Waals surface area contributed by atoms with E-state index >= 15 is 0 Å². The van der Waals surface area contributed by atoms with E-state index in [4.69, 9.17) is 4.74 Å². The number of aliphatic carboxylic acids is 1. The second kappa shape index (κ2) is 8.90. The molecule has 0 amide bonds. The van der Waals surface area contributed by atoms with Crippen LogP contribution < -0.4 is 4.74 Å². The number of ether oxygens (including phenoxy) is 1. The Balaban J connectivity index is 1.57. The summed E-state index contributed by atoms with van der Waals surface area (Å²) in [5.41, 5.74) is 3.15. The van der Waals surface area contributed by atoms with E-state index in [0.29, 0.717) is 30.1 Å². The lowest BCUT2D eigenvalue weighted by Crippen LogP contribution is -2.37. The monoisotopic (exact) mass is 442 g/mol. The zero-order chi connectivity index (χ0) is 23.6. The predicted octanol–water partition coefficient (Wildman–Crippen LogP) is 5.06. The number of aryl methyl sites for hydroxylation is 3. The number of hydrogen-bond donors (Lipinski definition) is 1. The maximum absolute atomic E-state index is 13.2. The van der Waals surface area contributed by atoms with E-state index in [1.54, 1.807) is 12.1 Å². The van der Waals surface area contributed by atoms with Crippen LogP contribution >= 0.6 is 0 Å². The minimum absolute atomic E-state index is 0.106. The Morgan fingerprint density at radius 3 is 2.30 bits per heavy atom. The van der Waals surface area contributed by atoms with Crippen molar-refractivity contribution in [3.05, 3.63) is 95.3 Å². The molecule has 0 fully saturated rings. The molecule has 0 bridgehead atoms. The maximum atomic E-state index is 13.2. The van der Waals surface area contributed by atoms with Crippen molar-refractivity contribution in [2.24, 2.45) is 0 Å². The second-order valence-electron chi connectivity index (χ2n) is 8.58. The molecule has 4 aromatic rings. The molecule has 0 unspecified atom stereocenters. The average molecular weight is 443 g/mol. The molecule has 1 heterocycles. The highest BCUT2D eigenvalue weighted by molar-refractivity contribution is 6.08. The van der Waals surface area contributed by atoms with Crippen molar-refractivity contribution in [1.82, 2.24) is 9.55 Å². The number of carboxylic acid groups (broad SMARTS) is 1. The summed E-state index contributed by atoms with van der Waals surface area (Å²) in [6.07, 6.45) is 0.678. The number of para-hydroxylation sites is 2. The van der Waals surface area contributed by atoms with Gasteiger partial charge >= 0.3 is 5.97 Å². The molecule has 3 aromatic carbocycles. The number of fused-ring (bicyclic) bond motifs is 1. The topological polar surface area (TPSA) is 81.4 Å². The van der Waals surface area contributed by atoms with Crippen molar-refractivity contribution in [1.29, 1.82) is 0 Å². The van der Waals surface area contributed by atoms with Crippen LogP contribution in [0.1, 0.15) is 41.2 Å². The molecule has 6 heteroatoms. The largest absolute Gasteiger partial charge is 0.478 e. The number of carboxylic acids is 1. The highest BCUT2D eigenvalue weighted by atomic mass is 16.5. The fourth-order valence-electron chi connectivity index (χ4n) is 3.61. The summed E-state index contributed by atoms with van der Waals surface area (Å²) in [5.74, 6) is -0.215. The van der Waals surface area contributed by atoms with E-state index in [-0.39, 0.29) is 5.78 Å². The van der Waals surface area contributed by atoms with E-state index in [9.17, 15) is 14.7 Å². The molecule has 0 aliphatic heterocycles. The SMILES string of the molecule is Cc1ccc(C(=O)c2nc3ccccc3n2CCc2ccc(OC(C)(C)C(=O)O)cc2)cc1. The van der Waals surface area contributed by atoms with Crippen LogP contribution in [0.5, 0.6) is 5.75 Å². The number of carbonyl (C=O) groups excluding carboxylic acids is 1. The Morgan fingerprint density at radius 2 is 1.64 bits per heavy atom. The van der Waals surface area contributed by atoms with E-state index < -0.39 is 11.6 Å². The highest BCUT2D eigenvalue weighted by Crippen LogP contribution is 2.22. The van der Waals surface area contributed by atoms with E-state index in [1.807, 2.05) is 72.2 Å². The summed E-state index contributed by atoms with van der Waals surface area (Å²) in [6, 6.07) is 22.6. The summed E-state index contributed by atoms with van der Waals surface area (Å²) in [4.78, 5) is 29.2. The fraction of sp³-hybridized carbons (Fsp3) is 0.222. The average Bonchev–Trinajstić information content (AvgIpc) is 3.17. The summed E-state index contributed by atoms with van der Waals surface area (Å²) < 4.78 is 7.54. The minimum atomic E-state index is -1.30. The van der Waals surface area contributed by atoms with Crippen LogP contribution in [0.15, 0.2) is 72.8 Å². The van der Waals surface area contributed by atoms with Gasteiger partial charge in [-0.2, -0.15) is 0 Å². The summed E-state index contributed by atoms with van der Waals surface area (Å²) >= 11 is 0. The summed E-state index contributed by atoms with van der Waals surface area (Å²) in [5, 5.41) is 9.24. The van der Waals surface area contributed by atoms with Gasteiger partial charge in [0.05, 0.1) is 11.0 Å². The third kappa shape index (κ3) is 4.80. The Labute approximate surface area is 192 Å². The van der Waals surface area contributed by atoms with Crippen LogP contribution in [0.25, 0.3) is 11.0 Å². The van der Waals surface area contributed by atoms with E-state index in [0.717, 1.165) is 22.2 Å². The fourth-order valence-corrected chi connectivity index (χ4v) is 3.61. The molecule has 0 aliphatic carbocycles. The Morgan fingerprint density at radius 1 is 0.970 bits per heavy atom. The third-order valence-electron chi connectivity index (χ3n) is 5.61. The van der Waals surface area contributed by atoms with Gasteiger partial charge in [0.25, 0.3) is 0 Å². The Hall–Kier alpha value is -3.93. The number of imidazole rings is 1. The molecule has 168 valence electrons. The zero-order valence-corrected chi connectivity index (χ0v) is 18.9. The van der Waals surface area contributed by atoms with Gasteiger partial charge < -0.3 is 14.4 Å². The first-order chi connectivity index (χ1) is 15.7. The third-order valence-corrected chi connectivity index (χ3v) is 5.61. The summed E-state index contributed by atoms with van der Waals surface area (Å²) in [7, 11) is 0. The molecular weight excluding hydrogens is 416 g/mol. The van der Waals surface area contributed by atoms with Gasteiger partial charge in [0, 0.05) is 12.1 Å². The van der Waals surface area contributed by atoms with E-state index in [2.05, 4.69) is 4.98 Å². The number of ketones is 1. The number of nitrogens with zero attached hydrogens (tertiary/aromatic N) is 2. The van der Waals surface area contributed by atoms with Gasteiger partial charge in [-0.25, -0.2) is 9.78 Å². The van der Waals surface area contributed by atoms with Crippen molar-refractivity contribution >= 4 is 22.8 Å². The van der Waals surface area contributed by atoms with Crippen LogP contribution in [0.2, 0.25) is 0 Å². The molecule has 1 aromatic heterocycles. The molecule has 0 radical (unpaired) electrons. The van der Waals surface area contributed by atoms with Crippen LogP contribution in [-0.4, -0.2) is 32.0 Å². The lowest BCUT2D eigenvalue weighted by Gasteiger charge is -2.21. The first kappa shape index (κ1) is 22.3. The first-order valence-corrected chi connectivity index (χ1v) is 10.8. The number of carbonyl (C=O) groups is 2. The lowest BCUT2D eigenvalue weighted by molar-refractivity contribution is -0.152. The number of aromatic nitrogens is 2. The molecule has 4 rings (SSSR count). The zero-order valence-electron chi connectivity index (χ0n) is 18.9. The van der Waals surface area contributed by atoms with Crippen LogP contribution in [0, 0.1) is 6.92 Å². The van der Waals surface area contributed by atoms with Crippen LogP contribution in [-0.2, 0) is 17.8 Å². The molecule has 1 N–H and O–H groups in total. The van der Waals surface area contributed by atoms with Gasteiger partial charge in [-0.05, 0) is 57.0 Å². The number of rotatable bonds is 8. The molecule has 0 spiro atoms.